The van der Waals surface area contributed by atoms with Crippen molar-refractivity contribution in [2.24, 2.45) is 0 Å². The van der Waals surface area contributed by atoms with E-state index in [9.17, 15) is 4.79 Å². The first-order chi connectivity index (χ1) is 4.34. The van der Waals surface area contributed by atoms with E-state index >= 15 is 0 Å². The summed E-state index contributed by atoms with van der Waals surface area (Å²) in [5, 5.41) is 5.90. The number of esters is 1. The maximum atomic E-state index is 10.5. The highest BCUT2D eigenvalue weighted by molar-refractivity contribution is 5.86. The number of carbonyl (C=O) groups excluding carboxylic acids is 1. The van der Waals surface area contributed by atoms with Gasteiger partial charge >= 0.3 is 5.97 Å². The van der Waals surface area contributed by atoms with Gasteiger partial charge in [-0.25, -0.2) is 4.79 Å². The van der Waals surface area contributed by atoms with Gasteiger partial charge in [0.25, 0.3) is 0 Å². The Morgan fingerprint density at radius 2 is 2.78 bits per heavy atom. The summed E-state index contributed by atoms with van der Waals surface area (Å²) in [7, 11) is 1.30. The number of hydrogen-bond acceptors (Lipinski definition) is 3. The number of nitrogens with zero attached hydrogens (tertiary/aromatic N) is 1. The average molecular weight is 125 g/mol. The average Bonchev–Trinajstić information content (AvgIpc) is 2.37. The van der Waals surface area contributed by atoms with Crippen LogP contribution in [0.25, 0.3) is 0 Å². The Morgan fingerprint density at radius 3 is 3.22 bits per heavy atom. The van der Waals surface area contributed by atoms with Gasteiger partial charge in [-0.1, -0.05) is 0 Å². The zero-order chi connectivity index (χ0) is 6.69. The maximum absolute atomic E-state index is 10.5. The highest BCUT2D eigenvalue weighted by Crippen LogP contribution is 1.91. The van der Waals surface area contributed by atoms with E-state index in [0.717, 1.165) is 0 Å². The molecular formula is C5H5N2O2. The number of aromatic nitrogens is 2. The summed E-state index contributed by atoms with van der Waals surface area (Å²) in [5.41, 5.74) is 0.248. The van der Waals surface area contributed by atoms with Crippen LogP contribution < -0.4 is 0 Å². The van der Waals surface area contributed by atoms with E-state index in [1.165, 1.54) is 13.2 Å². The third-order valence-electron chi connectivity index (χ3n) is 0.844. The Hall–Kier alpha value is -1.32. The second-order valence-corrected chi connectivity index (χ2v) is 1.39. The fraction of sp³-hybridized carbons (Fsp3) is 0.200. The minimum atomic E-state index is -0.451. The lowest BCUT2D eigenvalue weighted by molar-refractivity contribution is 0.0594. The van der Waals surface area contributed by atoms with Crippen LogP contribution in [0.1, 0.15) is 10.5 Å². The van der Waals surface area contributed by atoms with Crippen LogP contribution in [0, 0.1) is 6.20 Å². The second-order valence-electron chi connectivity index (χ2n) is 1.39. The first kappa shape index (κ1) is 5.81. The minimum Gasteiger partial charge on any atom is -0.464 e. The summed E-state index contributed by atoms with van der Waals surface area (Å²) in [6.07, 6.45) is 2.51. The lowest BCUT2D eigenvalue weighted by Gasteiger charge is -1.89. The molecule has 9 heavy (non-hydrogen) atoms. The summed E-state index contributed by atoms with van der Waals surface area (Å²) in [4.78, 5) is 10.5. The standard InChI is InChI=1S/C5H5N2O2/c1-9-5(8)4-2-3-6-7-4/h2H,1H3,(H,6,7). The predicted molar refractivity (Wildman–Crippen MR) is 28.8 cm³/mol. The first-order valence-corrected chi connectivity index (χ1v) is 2.34. The van der Waals surface area contributed by atoms with Crippen molar-refractivity contribution in [3.63, 3.8) is 0 Å². The van der Waals surface area contributed by atoms with E-state index in [2.05, 4.69) is 21.1 Å². The van der Waals surface area contributed by atoms with E-state index in [-0.39, 0.29) is 5.69 Å². The molecule has 0 saturated heterocycles. The van der Waals surface area contributed by atoms with Crippen molar-refractivity contribution in [2.75, 3.05) is 7.11 Å². The van der Waals surface area contributed by atoms with Crippen LogP contribution in [0.15, 0.2) is 6.07 Å². The van der Waals surface area contributed by atoms with E-state index < -0.39 is 5.97 Å². The molecule has 1 aromatic rings. The Labute approximate surface area is 51.8 Å². The molecule has 1 aromatic heterocycles. The molecule has 0 atom stereocenters. The van der Waals surface area contributed by atoms with Crippen LogP contribution >= 0.6 is 0 Å². The molecule has 1 N–H and O–H groups in total. The Morgan fingerprint density at radius 1 is 2.00 bits per heavy atom. The fourth-order valence-corrected chi connectivity index (χ4v) is 0.435. The van der Waals surface area contributed by atoms with Gasteiger partial charge in [0.15, 0.2) is 5.69 Å². The molecule has 0 aliphatic heterocycles. The van der Waals surface area contributed by atoms with Gasteiger partial charge in [0.1, 0.15) is 0 Å². The van der Waals surface area contributed by atoms with Crippen molar-refractivity contribution >= 4 is 5.97 Å². The van der Waals surface area contributed by atoms with Crippen LogP contribution in [-0.4, -0.2) is 23.3 Å². The molecule has 4 nitrogen and oxygen atoms in total. The van der Waals surface area contributed by atoms with Crippen molar-refractivity contribution in [1.29, 1.82) is 0 Å². The van der Waals surface area contributed by atoms with Gasteiger partial charge in [-0.05, 0) is 0 Å². The molecular weight excluding hydrogens is 120 g/mol. The molecule has 0 bridgehead atoms. The normalized spacial score (nSPS) is 9.00. The number of H-pyrrole nitrogens is 1. The molecule has 1 heterocycles. The van der Waals surface area contributed by atoms with Crippen LogP contribution in [-0.2, 0) is 4.74 Å². The summed E-state index contributed by atoms with van der Waals surface area (Å²) in [5.74, 6) is -0.451. The largest absolute Gasteiger partial charge is 0.464 e. The lowest BCUT2D eigenvalue weighted by Crippen LogP contribution is -2.00. The van der Waals surface area contributed by atoms with Gasteiger partial charge in [-0.2, -0.15) is 5.10 Å². The molecule has 47 valence electrons. The topological polar surface area (TPSA) is 55.0 Å². The zero-order valence-corrected chi connectivity index (χ0v) is 4.84. The fourth-order valence-electron chi connectivity index (χ4n) is 0.435. The summed E-state index contributed by atoms with van der Waals surface area (Å²) in [6, 6.07) is 1.42. The molecule has 0 unspecified atom stereocenters. The summed E-state index contributed by atoms with van der Waals surface area (Å²) < 4.78 is 4.35. The van der Waals surface area contributed by atoms with Gasteiger partial charge in [-0.3, -0.25) is 5.10 Å². The summed E-state index contributed by atoms with van der Waals surface area (Å²) >= 11 is 0. The number of carbonyl (C=O) groups is 1. The van der Waals surface area contributed by atoms with E-state index in [0.29, 0.717) is 0 Å². The number of ether oxygens (including phenoxy) is 1. The van der Waals surface area contributed by atoms with Crippen molar-refractivity contribution in [3.05, 3.63) is 18.0 Å². The third kappa shape index (κ3) is 1.07. The van der Waals surface area contributed by atoms with E-state index in [1.54, 1.807) is 0 Å². The zero-order valence-electron chi connectivity index (χ0n) is 4.84. The van der Waals surface area contributed by atoms with Crippen LogP contribution in [0.5, 0.6) is 0 Å². The Balaban J connectivity index is 2.77. The van der Waals surface area contributed by atoms with E-state index in [4.69, 9.17) is 0 Å². The SMILES string of the molecule is COC(=O)c1c[c][nH]n1. The first-order valence-electron chi connectivity index (χ1n) is 2.34. The predicted octanol–water partition coefficient (Wildman–Crippen LogP) is -0.00351. The molecule has 0 aromatic carbocycles. The van der Waals surface area contributed by atoms with Gasteiger partial charge in [0.05, 0.1) is 13.3 Å². The van der Waals surface area contributed by atoms with Crippen molar-refractivity contribution in [1.82, 2.24) is 10.2 Å². The molecule has 1 radical (unpaired) electrons. The molecule has 0 spiro atoms. The monoisotopic (exact) mass is 125 g/mol. The molecule has 0 saturated carbocycles. The van der Waals surface area contributed by atoms with Crippen molar-refractivity contribution in [2.45, 2.75) is 0 Å². The Bertz CT molecular complexity index is 193. The number of nitrogens with one attached hydrogen (secondary N) is 1. The quantitative estimate of drug-likeness (QED) is 0.537. The third-order valence-corrected chi connectivity index (χ3v) is 0.844. The van der Waals surface area contributed by atoms with Crippen LogP contribution in [0.4, 0.5) is 0 Å². The summed E-state index contributed by atoms with van der Waals surface area (Å²) in [6.45, 7) is 0. The number of hydrogen-bond donors (Lipinski definition) is 1. The van der Waals surface area contributed by atoms with Gasteiger partial charge < -0.3 is 4.74 Å². The van der Waals surface area contributed by atoms with Crippen molar-refractivity contribution in [3.8, 4) is 0 Å². The molecule has 1 rings (SSSR count). The Kier molecular flexibility index (Phi) is 1.48. The molecule has 0 fully saturated rings. The molecule has 0 aliphatic carbocycles. The van der Waals surface area contributed by atoms with Gasteiger partial charge in [0, 0.05) is 6.07 Å². The van der Waals surface area contributed by atoms with Crippen LogP contribution in [0.3, 0.4) is 0 Å². The highest BCUT2D eigenvalue weighted by Gasteiger charge is 2.04. The lowest BCUT2D eigenvalue weighted by atomic mass is 10.4. The van der Waals surface area contributed by atoms with Crippen molar-refractivity contribution < 1.29 is 9.53 Å². The molecule has 0 aliphatic rings. The minimum absolute atomic E-state index is 0.248. The highest BCUT2D eigenvalue weighted by atomic mass is 16.5. The van der Waals surface area contributed by atoms with Crippen LogP contribution in [0.2, 0.25) is 0 Å². The second kappa shape index (κ2) is 2.30. The number of rotatable bonds is 1. The van der Waals surface area contributed by atoms with Gasteiger partial charge in [0.2, 0.25) is 0 Å². The smallest absolute Gasteiger partial charge is 0.358 e. The maximum Gasteiger partial charge on any atom is 0.358 e. The molecule has 4 heteroatoms. The molecule has 0 amide bonds. The number of methoxy groups -OCH3 is 1. The number of aromatic amines is 1. The van der Waals surface area contributed by atoms with E-state index in [1.807, 2.05) is 0 Å². The van der Waals surface area contributed by atoms with Gasteiger partial charge in [-0.15, -0.1) is 0 Å².